The van der Waals surface area contributed by atoms with Crippen LogP contribution in [0.5, 0.6) is 0 Å². The Labute approximate surface area is 176 Å². The number of hydrogen-bond donors (Lipinski definition) is 1. The van der Waals surface area contributed by atoms with E-state index in [1.165, 1.54) is 77.0 Å². The van der Waals surface area contributed by atoms with E-state index in [1.807, 2.05) is 0 Å². The molecule has 0 aromatic rings. The monoisotopic (exact) mass is 363 g/mol. The van der Waals surface area contributed by atoms with Crippen molar-refractivity contribution < 1.29 is 14.3 Å². The molecule has 0 aliphatic carbocycles. The molecule has 4 nitrogen and oxygen atoms in total. The molecule has 0 saturated carbocycles. The molecular formula is C20H38NNaO3. The molecule has 5 heteroatoms. The molecule has 0 saturated heterocycles. The minimum atomic E-state index is -0.819. The van der Waals surface area contributed by atoms with Gasteiger partial charge in [0.15, 0.2) is 0 Å². The summed E-state index contributed by atoms with van der Waals surface area (Å²) in [5, 5.41) is 0. The SMILES string of the molecule is C=C(C(N)=O)C(=O)OCCCCCCCCCCCCCCCC.[NaH]. The van der Waals surface area contributed by atoms with E-state index in [0.717, 1.165) is 12.8 Å². The summed E-state index contributed by atoms with van der Waals surface area (Å²) in [4.78, 5) is 22.0. The molecule has 0 unspecified atom stereocenters. The summed E-state index contributed by atoms with van der Waals surface area (Å²) in [6.07, 6.45) is 18.0. The molecule has 0 aromatic carbocycles. The van der Waals surface area contributed by atoms with E-state index in [4.69, 9.17) is 10.5 Å². The number of unbranched alkanes of at least 4 members (excludes halogenated alkanes) is 13. The predicted molar refractivity (Wildman–Crippen MR) is 107 cm³/mol. The van der Waals surface area contributed by atoms with Crippen LogP contribution in [-0.4, -0.2) is 48.0 Å². The zero-order chi connectivity index (χ0) is 18.0. The average molecular weight is 364 g/mol. The van der Waals surface area contributed by atoms with E-state index in [2.05, 4.69) is 13.5 Å². The zero-order valence-corrected chi connectivity index (χ0v) is 15.6. The first-order chi connectivity index (χ1) is 11.6. The van der Waals surface area contributed by atoms with Crippen LogP contribution in [-0.2, 0) is 14.3 Å². The second-order valence-corrected chi connectivity index (χ2v) is 6.57. The summed E-state index contributed by atoms with van der Waals surface area (Å²) in [5.74, 6) is -1.52. The van der Waals surface area contributed by atoms with Gasteiger partial charge in [0.25, 0.3) is 5.91 Å². The molecule has 25 heavy (non-hydrogen) atoms. The van der Waals surface area contributed by atoms with E-state index in [9.17, 15) is 9.59 Å². The van der Waals surface area contributed by atoms with Crippen molar-refractivity contribution in [2.24, 2.45) is 5.73 Å². The summed E-state index contributed by atoms with van der Waals surface area (Å²) in [5.41, 5.74) is 4.68. The van der Waals surface area contributed by atoms with Crippen molar-refractivity contribution in [3.8, 4) is 0 Å². The van der Waals surface area contributed by atoms with Gasteiger partial charge in [0.1, 0.15) is 5.57 Å². The van der Waals surface area contributed by atoms with Crippen molar-refractivity contribution in [2.75, 3.05) is 6.61 Å². The van der Waals surface area contributed by atoms with Gasteiger partial charge in [-0.25, -0.2) is 4.79 Å². The maximum absolute atomic E-state index is 11.3. The number of esters is 1. The Balaban J connectivity index is 0. The van der Waals surface area contributed by atoms with Gasteiger partial charge >= 0.3 is 35.5 Å². The Bertz CT molecular complexity index is 359. The summed E-state index contributed by atoms with van der Waals surface area (Å²) in [7, 11) is 0. The molecule has 0 fully saturated rings. The van der Waals surface area contributed by atoms with Crippen LogP contribution in [0.15, 0.2) is 12.2 Å². The molecular weight excluding hydrogens is 325 g/mol. The molecule has 0 aliphatic heterocycles. The topological polar surface area (TPSA) is 69.4 Å². The molecule has 0 aromatic heterocycles. The number of nitrogens with two attached hydrogens (primary N) is 1. The molecule has 0 radical (unpaired) electrons. The number of carbonyl (C=O) groups is 2. The van der Waals surface area contributed by atoms with Crippen molar-refractivity contribution in [3.05, 3.63) is 12.2 Å². The fourth-order valence-corrected chi connectivity index (χ4v) is 2.65. The van der Waals surface area contributed by atoms with E-state index in [1.54, 1.807) is 0 Å². The van der Waals surface area contributed by atoms with Gasteiger partial charge < -0.3 is 10.5 Å². The number of hydrogen-bond acceptors (Lipinski definition) is 3. The van der Waals surface area contributed by atoms with Gasteiger partial charge in [-0.15, -0.1) is 0 Å². The molecule has 2 N–H and O–H groups in total. The average Bonchev–Trinajstić information content (AvgIpc) is 2.57. The first-order valence-electron chi connectivity index (χ1n) is 9.75. The van der Waals surface area contributed by atoms with Gasteiger partial charge in [-0.3, -0.25) is 4.79 Å². The second kappa shape index (κ2) is 20.0. The van der Waals surface area contributed by atoms with Crippen LogP contribution in [0, 0.1) is 0 Å². The van der Waals surface area contributed by atoms with Crippen LogP contribution in [0.3, 0.4) is 0 Å². The van der Waals surface area contributed by atoms with Gasteiger partial charge in [-0.1, -0.05) is 97.0 Å². The predicted octanol–water partition coefficient (Wildman–Crippen LogP) is 4.40. The van der Waals surface area contributed by atoms with Crippen molar-refractivity contribution in [1.29, 1.82) is 0 Å². The van der Waals surface area contributed by atoms with E-state index in [-0.39, 0.29) is 35.1 Å². The molecule has 1 amide bonds. The number of amides is 1. The molecule has 0 rings (SSSR count). The Kier molecular flexibility index (Phi) is 21.5. The van der Waals surface area contributed by atoms with Crippen molar-refractivity contribution in [2.45, 2.75) is 96.8 Å². The normalized spacial score (nSPS) is 10.1. The van der Waals surface area contributed by atoms with Crippen LogP contribution in [0.25, 0.3) is 0 Å². The Morgan fingerprint density at radius 1 is 0.760 bits per heavy atom. The number of carbonyl (C=O) groups excluding carboxylic acids is 2. The van der Waals surface area contributed by atoms with E-state index in [0.29, 0.717) is 6.61 Å². The number of ether oxygens (including phenoxy) is 1. The van der Waals surface area contributed by atoms with Crippen LogP contribution in [0.1, 0.15) is 96.8 Å². The first kappa shape index (κ1) is 26.9. The minimum absolute atomic E-state index is 0. The van der Waals surface area contributed by atoms with Crippen molar-refractivity contribution >= 4 is 41.4 Å². The third-order valence-electron chi connectivity index (χ3n) is 4.27. The third kappa shape index (κ3) is 18.3. The fraction of sp³-hybridized carbons (Fsp3) is 0.800. The van der Waals surface area contributed by atoms with Gasteiger partial charge in [-0.05, 0) is 6.42 Å². The van der Waals surface area contributed by atoms with Gasteiger partial charge in [0.2, 0.25) is 0 Å². The zero-order valence-electron chi connectivity index (χ0n) is 15.6. The number of rotatable bonds is 17. The Morgan fingerprint density at radius 2 is 1.12 bits per heavy atom. The molecule has 0 bridgehead atoms. The standard InChI is InChI=1S/C20H37NO3.Na.H/c1-3-4-5-6-7-8-9-10-11-12-13-14-15-16-17-24-20(23)18(2)19(21)22;;/h2-17H2,1H3,(H2,21,22);;. The molecule has 0 heterocycles. The van der Waals surface area contributed by atoms with Crippen LogP contribution >= 0.6 is 0 Å². The van der Waals surface area contributed by atoms with Gasteiger partial charge in [0.05, 0.1) is 6.61 Å². The maximum atomic E-state index is 11.3. The molecule has 0 atom stereocenters. The summed E-state index contributed by atoms with van der Waals surface area (Å²) in [6.45, 7) is 5.89. The van der Waals surface area contributed by atoms with Crippen molar-refractivity contribution in [3.63, 3.8) is 0 Å². The fourth-order valence-electron chi connectivity index (χ4n) is 2.65. The van der Waals surface area contributed by atoms with Crippen LogP contribution in [0.2, 0.25) is 0 Å². The van der Waals surface area contributed by atoms with Gasteiger partial charge in [-0.2, -0.15) is 0 Å². The number of primary amides is 1. The first-order valence-corrected chi connectivity index (χ1v) is 9.75. The van der Waals surface area contributed by atoms with Crippen LogP contribution in [0.4, 0.5) is 0 Å². The molecule has 0 aliphatic rings. The van der Waals surface area contributed by atoms with E-state index >= 15 is 0 Å². The summed E-state index contributed by atoms with van der Waals surface area (Å²) in [6, 6.07) is 0. The molecule has 0 spiro atoms. The Hall–Kier alpha value is -0.320. The Morgan fingerprint density at radius 3 is 1.48 bits per heavy atom. The summed E-state index contributed by atoms with van der Waals surface area (Å²) >= 11 is 0. The third-order valence-corrected chi connectivity index (χ3v) is 4.27. The second-order valence-electron chi connectivity index (χ2n) is 6.57. The quantitative estimate of drug-likeness (QED) is 0.104. The molecule has 142 valence electrons. The van der Waals surface area contributed by atoms with Crippen molar-refractivity contribution in [1.82, 2.24) is 0 Å². The van der Waals surface area contributed by atoms with Crippen LogP contribution < -0.4 is 5.73 Å². The summed E-state index contributed by atoms with van der Waals surface area (Å²) < 4.78 is 4.93. The van der Waals surface area contributed by atoms with E-state index < -0.39 is 11.9 Å². The van der Waals surface area contributed by atoms with Gasteiger partial charge in [0, 0.05) is 0 Å².